The molecular weight excluding hydrogens is 386 g/mol. The van der Waals surface area contributed by atoms with Crippen LogP contribution < -0.4 is 0 Å². The van der Waals surface area contributed by atoms with Crippen LogP contribution in [0.3, 0.4) is 0 Å². The number of nitrogens with zero attached hydrogens (tertiary/aromatic N) is 3. The van der Waals surface area contributed by atoms with Gasteiger partial charge in [0.05, 0.1) is 0 Å². The van der Waals surface area contributed by atoms with E-state index >= 15 is 0 Å². The Morgan fingerprint density at radius 2 is 1.69 bits per heavy atom. The number of carboxylic acids is 1. The number of unbranched alkanes of at least 4 members (excludes halogenated alkanes) is 7. The molecule has 1 rings (SSSR count). The zero-order valence-corrected chi connectivity index (χ0v) is 16.6. The zero-order valence-electron chi connectivity index (χ0n) is 17.6. The summed E-state index contributed by atoms with van der Waals surface area (Å²) in [5, 5.41) is 31.9. The van der Waals surface area contributed by atoms with Crippen molar-refractivity contribution in [1.29, 1.82) is 0 Å². The molecule has 3 N–H and O–H groups in total. The molecule has 1 fully saturated rings. The summed E-state index contributed by atoms with van der Waals surface area (Å²) in [6.07, 6.45) is -1.60. The molecule has 1 aliphatic rings. The number of carbonyl (C=O) groups is 2. The monoisotopic (exact) mass is 418 g/mol. The Morgan fingerprint density at radius 3 is 2.24 bits per heavy atom. The van der Waals surface area contributed by atoms with E-state index in [1.807, 2.05) is 0 Å². The van der Waals surface area contributed by atoms with E-state index in [9.17, 15) is 19.8 Å². The molecule has 0 radical (unpaired) electrons. The third-order valence-corrected chi connectivity index (χ3v) is 4.60. The molecule has 0 aromatic heterocycles. The molecule has 0 aromatic carbocycles. The number of aliphatic hydroxyl groups is 2. The quantitative estimate of drug-likeness (QED) is 0.0964. The van der Waals surface area contributed by atoms with Crippen molar-refractivity contribution in [3.8, 4) is 0 Å². The average molecular weight is 418 g/mol. The van der Waals surface area contributed by atoms with Crippen LogP contribution in [0.1, 0.15) is 72.5 Å². The van der Waals surface area contributed by atoms with E-state index in [-0.39, 0.29) is 6.42 Å². The van der Waals surface area contributed by atoms with E-state index in [0.29, 0.717) is 6.42 Å². The van der Waals surface area contributed by atoms with Gasteiger partial charge in [-0.1, -0.05) is 58.3 Å². The molecule has 0 bridgehead atoms. The Morgan fingerprint density at radius 1 is 1.10 bits per heavy atom. The number of rotatable bonds is 14. The Bertz CT molecular complexity index is 590. The van der Waals surface area contributed by atoms with E-state index in [2.05, 4.69) is 22.0 Å². The first kappa shape index (κ1) is 23.2. The summed E-state index contributed by atoms with van der Waals surface area (Å²) in [5.74, 6) is -2.57. The van der Waals surface area contributed by atoms with Gasteiger partial charge in [-0.05, 0) is 12.0 Å². The van der Waals surface area contributed by atoms with Crippen LogP contribution in [0.5, 0.6) is 0 Å². The molecule has 0 saturated carbocycles. The molecular formula is C18H31N3O8. The third kappa shape index (κ3) is 8.86. The van der Waals surface area contributed by atoms with Crippen molar-refractivity contribution in [2.24, 2.45) is 5.28 Å². The second-order valence-electron chi connectivity index (χ2n) is 6.89. The molecule has 0 aliphatic carbocycles. The molecule has 2 unspecified atom stereocenters. The summed E-state index contributed by atoms with van der Waals surface area (Å²) in [5.41, 5.74) is 8.36. The second kappa shape index (κ2) is 14.0. The number of esters is 1. The normalized spacial score (nSPS) is 28.0. The van der Waals surface area contributed by atoms with Crippen LogP contribution in [-0.4, -0.2) is 58.0 Å². The fraction of sp³-hybridized carbons (Fsp3) is 0.889. The van der Waals surface area contributed by atoms with Gasteiger partial charge >= 0.3 is 11.9 Å². The van der Waals surface area contributed by atoms with Gasteiger partial charge in [0.2, 0.25) is 6.29 Å². The predicted molar refractivity (Wildman–Crippen MR) is 100 cm³/mol. The summed E-state index contributed by atoms with van der Waals surface area (Å²) < 4.78 is 17.9. The van der Waals surface area contributed by atoms with Crippen LogP contribution in [0.2, 0.25) is 0 Å². The molecule has 0 aromatic rings. The summed E-state index contributed by atoms with van der Waals surface area (Å²) in [4.78, 5) is 30.2. The SMILES string of the molecule is [2H]C(CCCCCCCCCC)C(=O)O[C@H]1C(ON=[N+]=[N-])O[C@H](C(=O)O)[C@@H](O)[C@@H]1O. The van der Waals surface area contributed by atoms with E-state index < -0.39 is 49.0 Å². The van der Waals surface area contributed by atoms with Gasteiger partial charge in [-0.2, -0.15) is 0 Å². The second-order valence-corrected chi connectivity index (χ2v) is 6.89. The number of aliphatic hydroxyl groups excluding tert-OH is 2. The highest BCUT2D eigenvalue weighted by molar-refractivity contribution is 5.73. The maximum atomic E-state index is 12.2. The Labute approximate surface area is 170 Å². The van der Waals surface area contributed by atoms with Gasteiger partial charge in [-0.25, -0.2) is 4.79 Å². The van der Waals surface area contributed by atoms with Crippen molar-refractivity contribution in [3.05, 3.63) is 10.4 Å². The van der Waals surface area contributed by atoms with E-state index in [1.165, 1.54) is 25.7 Å². The minimum Gasteiger partial charge on any atom is -0.479 e. The topological polar surface area (TPSA) is 171 Å². The minimum atomic E-state index is -1.91. The Kier molecular flexibility index (Phi) is 11.2. The Balaban J connectivity index is 2.52. The molecule has 29 heavy (non-hydrogen) atoms. The van der Waals surface area contributed by atoms with E-state index in [4.69, 9.17) is 21.5 Å². The first-order valence-electron chi connectivity index (χ1n) is 10.5. The lowest BCUT2D eigenvalue weighted by atomic mass is 9.98. The average Bonchev–Trinajstić information content (AvgIpc) is 2.72. The van der Waals surface area contributed by atoms with Crippen LogP contribution in [0.4, 0.5) is 0 Å². The lowest BCUT2D eigenvalue weighted by Gasteiger charge is -2.39. The van der Waals surface area contributed by atoms with Gasteiger partial charge in [0.15, 0.2) is 12.2 Å². The highest BCUT2D eigenvalue weighted by atomic mass is 16.8. The van der Waals surface area contributed by atoms with E-state index in [1.54, 1.807) is 0 Å². The van der Waals surface area contributed by atoms with Gasteiger partial charge in [0.1, 0.15) is 17.5 Å². The van der Waals surface area contributed by atoms with Gasteiger partial charge in [-0.15, -0.1) is 0 Å². The predicted octanol–water partition coefficient (Wildman–Crippen LogP) is 2.59. The third-order valence-electron chi connectivity index (χ3n) is 4.60. The number of ether oxygens (including phenoxy) is 2. The summed E-state index contributed by atoms with van der Waals surface area (Å²) in [6, 6.07) is 0. The highest BCUT2D eigenvalue weighted by Crippen LogP contribution is 2.25. The molecule has 166 valence electrons. The van der Waals surface area contributed by atoms with Crippen molar-refractivity contribution in [3.63, 3.8) is 0 Å². The van der Waals surface area contributed by atoms with Crippen molar-refractivity contribution < 1.29 is 40.6 Å². The number of azide groups is 1. The minimum absolute atomic E-state index is 0.250. The molecule has 1 saturated heterocycles. The number of carboxylic acid groups (broad SMARTS) is 1. The molecule has 1 aliphatic heterocycles. The lowest BCUT2D eigenvalue weighted by molar-refractivity contribution is -0.298. The molecule has 1 heterocycles. The summed E-state index contributed by atoms with van der Waals surface area (Å²) in [6.45, 7) is 2.15. The van der Waals surface area contributed by atoms with Crippen LogP contribution in [0.25, 0.3) is 10.4 Å². The fourth-order valence-electron chi connectivity index (χ4n) is 3.00. The van der Waals surface area contributed by atoms with Gasteiger partial charge in [0, 0.05) is 12.7 Å². The largest absolute Gasteiger partial charge is 0.479 e. The first-order chi connectivity index (χ1) is 14.3. The Hall–Kier alpha value is -2.07. The van der Waals surface area contributed by atoms with Gasteiger partial charge in [0.25, 0.3) is 0 Å². The number of aliphatic carboxylic acids is 1. The number of hydrogen-bond donors (Lipinski definition) is 3. The maximum Gasteiger partial charge on any atom is 0.335 e. The van der Waals surface area contributed by atoms with Crippen LogP contribution in [-0.2, 0) is 23.9 Å². The number of hydrogen-bond acceptors (Lipinski definition) is 8. The van der Waals surface area contributed by atoms with Crippen molar-refractivity contribution >= 4 is 11.9 Å². The van der Waals surface area contributed by atoms with Crippen molar-refractivity contribution in [2.45, 2.75) is 102 Å². The smallest absolute Gasteiger partial charge is 0.335 e. The zero-order chi connectivity index (χ0) is 22.5. The molecule has 11 heteroatoms. The number of carbonyl (C=O) groups excluding carboxylic acids is 1. The van der Waals surface area contributed by atoms with Crippen LogP contribution >= 0.6 is 0 Å². The van der Waals surface area contributed by atoms with E-state index in [0.717, 1.165) is 19.3 Å². The fourth-order valence-corrected chi connectivity index (χ4v) is 3.00. The molecule has 0 spiro atoms. The first-order valence-corrected chi connectivity index (χ1v) is 9.90. The van der Waals surface area contributed by atoms with Crippen molar-refractivity contribution in [1.82, 2.24) is 0 Å². The lowest BCUT2D eigenvalue weighted by Crippen LogP contribution is -2.61. The van der Waals surface area contributed by atoms with Gasteiger partial charge < -0.3 is 29.6 Å². The maximum absolute atomic E-state index is 12.2. The van der Waals surface area contributed by atoms with Crippen LogP contribution in [0, 0.1) is 0 Å². The summed E-state index contributed by atoms with van der Waals surface area (Å²) >= 11 is 0. The van der Waals surface area contributed by atoms with Crippen molar-refractivity contribution in [2.75, 3.05) is 0 Å². The molecule has 11 nitrogen and oxygen atoms in total. The molecule has 6 atom stereocenters. The molecule has 0 amide bonds. The summed E-state index contributed by atoms with van der Waals surface area (Å²) in [7, 11) is 0. The standard InChI is InChI=1S/C18H31N3O8/c1-2-3-4-5-6-7-8-9-10-11-12(22)27-16-14(24)13(23)15(17(25)26)28-18(16)29-21-20-19/h13-16,18,23-24H,2-11H2,1H3,(H,25,26)/t13-,14-,15-,16+,18?/m0/s1/i11D/t11?,13-,14-,15-,16+,18?. The van der Waals surface area contributed by atoms with Crippen LogP contribution in [0.15, 0.2) is 5.28 Å². The van der Waals surface area contributed by atoms with Gasteiger partial charge in [-0.3, -0.25) is 4.79 Å². The highest BCUT2D eigenvalue weighted by Gasteiger charge is 2.50.